The van der Waals surface area contributed by atoms with Crippen molar-refractivity contribution in [3.8, 4) is 28.7 Å². The molecule has 5 aromatic heterocycles. The van der Waals surface area contributed by atoms with E-state index in [2.05, 4.69) is 172 Å². The van der Waals surface area contributed by atoms with Gasteiger partial charge in [0.15, 0.2) is 0 Å². The maximum absolute atomic E-state index is 10.7. The topological polar surface area (TPSA) is 357 Å². The number of aliphatic hydroxyl groups excluding tert-OH is 5. The number of hydrogen-bond donors (Lipinski definition) is 18. The highest BCUT2D eigenvalue weighted by molar-refractivity contribution is 8.77. The molecule has 26 nitrogen and oxygen atoms in total. The zero-order valence-corrected chi connectivity index (χ0v) is 79.2. The zero-order valence-electron chi connectivity index (χ0n) is 75.9. The molecular formula is C98H137N13O13S4. The smallest absolute Gasteiger partial charge is 0.126 e. The molecular weight excluding hydrogens is 1700 g/mol. The summed E-state index contributed by atoms with van der Waals surface area (Å²) in [5, 5.41) is 111. The van der Waals surface area contributed by atoms with Crippen LogP contribution in [0.3, 0.4) is 0 Å². The van der Waals surface area contributed by atoms with Crippen molar-refractivity contribution in [1.29, 1.82) is 0 Å². The van der Waals surface area contributed by atoms with Gasteiger partial charge in [0, 0.05) is 190 Å². The van der Waals surface area contributed by atoms with Gasteiger partial charge in [0.1, 0.15) is 89.8 Å². The number of aryl methyl sites for hydroxylation is 5. The van der Waals surface area contributed by atoms with Crippen molar-refractivity contribution in [2.24, 2.45) is 11.3 Å². The van der Waals surface area contributed by atoms with Gasteiger partial charge in [0.25, 0.3) is 0 Å². The number of H-pyrrole nitrogens is 5. The Balaban J connectivity index is 0.000000118. The predicted octanol–water partition coefficient (Wildman–Crippen LogP) is 14.3. The molecule has 0 saturated carbocycles. The fourth-order valence-electron chi connectivity index (χ4n) is 19.9. The van der Waals surface area contributed by atoms with Crippen molar-refractivity contribution in [1.82, 2.24) is 66.7 Å². The summed E-state index contributed by atoms with van der Waals surface area (Å²) >= 11 is 0. The Morgan fingerprint density at radius 3 is 1.12 bits per heavy atom. The van der Waals surface area contributed by atoms with Gasteiger partial charge in [-0.05, 0) is 288 Å². The van der Waals surface area contributed by atoms with E-state index in [0.717, 1.165) is 192 Å². The van der Waals surface area contributed by atoms with Crippen LogP contribution in [0, 0.1) is 11.3 Å². The summed E-state index contributed by atoms with van der Waals surface area (Å²) in [4.78, 5) is 16.2. The van der Waals surface area contributed by atoms with Crippen molar-refractivity contribution in [3.05, 3.63) is 161 Å². The molecule has 13 unspecified atom stereocenters. The molecule has 20 rings (SSSR count). The number of hydrogen-bond acceptors (Lipinski definition) is 25. The summed E-state index contributed by atoms with van der Waals surface area (Å²) in [5.74, 6) is 7.26. The lowest BCUT2D eigenvalue weighted by atomic mass is 9.87. The minimum Gasteiger partial charge on any atom is -0.487 e. The largest absolute Gasteiger partial charge is 0.487 e. The summed E-state index contributed by atoms with van der Waals surface area (Å²) in [6.45, 7) is 28.3. The van der Waals surface area contributed by atoms with Gasteiger partial charge in [0.05, 0.1) is 11.1 Å². The van der Waals surface area contributed by atoms with Crippen LogP contribution in [0.5, 0.6) is 28.7 Å². The molecule has 4 fully saturated rings. The van der Waals surface area contributed by atoms with Crippen molar-refractivity contribution in [2.75, 3.05) is 83.5 Å². The van der Waals surface area contributed by atoms with Crippen LogP contribution in [-0.4, -0.2) is 264 Å². The lowest BCUT2D eigenvalue weighted by Gasteiger charge is -2.36. The fourth-order valence-corrected chi connectivity index (χ4v) is 26.8. The molecule has 0 amide bonds. The highest BCUT2D eigenvalue weighted by atomic mass is 33.1. The molecule has 696 valence electrons. The molecule has 4 saturated heterocycles. The van der Waals surface area contributed by atoms with Gasteiger partial charge in [-0.3, -0.25) is 0 Å². The van der Waals surface area contributed by atoms with E-state index in [0.29, 0.717) is 80.2 Å². The predicted molar refractivity (Wildman–Crippen MR) is 517 cm³/mol. The number of nitrogens with zero attached hydrogens (tertiary/aromatic N) is 3. The number of aromatic amines is 5. The van der Waals surface area contributed by atoms with E-state index in [1.54, 1.807) is 0 Å². The summed E-state index contributed by atoms with van der Waals surface area (Å²) < 4.78 is 30.5. The fraction of sp³-hybridized carbons (Fsp3) is 0.571. The number of nitrogens with one attached hydrogen (secondary N) is 10. The van der Waals surface area contributed by atoms with Gasteiger partial charge in [0.2, 0.25) is 0 Å². The first-order valence-electron chi connectivity index (χ1n) is 46.4. The molecule has 13 atom stereocenters. The second kappa shape index (κ2) is 41.0. The molecule has 10 aliphatic heterocycles. The molecule has 10 aromatic rings. The quantitative estimate of drug-likeness (QED) is 0.0197. The standard InChI is InChI=1S/C22H33N3O3.C22H31N3O3.C19H26N2O2S2.C18H25N3O3.C17H22N2O2S2/c2*1-21(2)11-16(22(3,4)25(21)27)12-23-13-18(26)19-6-5-15-9-17-14(7-8-24-17)10-20(15)28-19;1-19(2)11-24-25-18(19)10-20-9-15(22)16-4-3-13-7-14-12(5-6-21-14)8-17(13)23-16;22-16(11-20-14-4-7-21(23)8-5-14)17-2-1-13-9-15-12(3-6-19-15)10-18(13)24-17;20-15(10-18-9-13-4-6-22-23-13)16-2-1-12-7-14-11(3-5-19-14)8-17(12)21-16/h7-10,16,18-19,23-24,26-27H,5-6,11-13H2,1-4H3;7-11,18-19,23-24,26-27H,5-6,12-13H2,1-4H3;5-8,15-16,18,20-22H,3-4,9-11H2,1-2H3;3,6,9-10,14,16-17,19-20,22-23H,1-2,4-5,7-8,11H2;3,5,7-8,13,15-16,18-20H,1-2,4,6,9-10H2. The van der Waals surface area contributed by atoms with Crippen molar-refractivity contribution in [2.45, 2.75) is 259 Å². The van der Waals surface area contributed by atoms with Crippen LogP contribution in [-0.2, 0) is 32.1 Å². The van der Waals surface area contributed by atoms with Crippen LogP contribution in [0.15, 0.2) is 134 Å². The lowest BCUT2D eigenvalue weighted by molar-refractivity contribution is -0.196. The molecule has 0 bridgehead atoms. The minimum atomic E-state index is -0.585. The van der Waals surface area contributed by atoms with Gasteiger partial charge >= 0.3 is 0 Å². The van der Waals surface area contributed by atoms with Gasteiger partial charge in [-0.25, -0.2) is 0 Å². The third-order valence-corrected chi connectivity index (χ3v) is 34.5. The third-order valence-electron chi connectivity index (χ3n) is 28.1. The van der Waals surface area contributed by atoms with E-state index < -0.39 is 36.1 Å². The van der Waals surface area contributed by atoms with E-state index in [1.807, 2.05) is 120 Å². The van der Waals surface area contributed by atoms with Gasteiger partial charge in [-0.2, -0.15) is 15.2 Å². The first-order chi connectivity index (χ1) is 61.4. The molecule has 128 heavy (non-hydrogen) atoms. The summed E-state index contributed by atoms with van der Waals surface area (Å²) in [6.07, 6.45) is 21.2. The molecule has 30 heteroatoms. The van der Waals surface area contributed by atoms with Crippen molar-refractivity contribution < 1.29 is 64.8 Å². The number of fused-ring (bicyclic) bond motifs is 10. The maximum Gasteiger partial charge on any atom is 0.126 e. The van der Waals surface area contributed by atoms with Gasteiger partial charge < -0.3 is 116 Å². The van der Waals surface area contributed by atoms with Crippen LogP contribution >= 0.6 is 43.2 Å². The Labute approximate surface area is 768 Å². The van der Waals surface area contributed by atoms with E-state index >= 15 is 0 Å². The highest BCUT2D eigenvalue weighted by Crippen LogP contribution is 2.50. The number of aliphatic hydroxyl groups is 5. The normalized spacial score (nSPS) is 25.6. The third kappa shape index (κ3) is 22.4. The van der Waals surface area contributed by atoms with Gasteiger partial charge in [-0.15, -0.1) is 0 Å². The molecule has 5 aromatic carbocycles. The SMILES string of the molecule is CC1(C)C=C(CNCC(O)C2CCc3cc4[nH]ccc4cc3O2)C(C)(C)N1O.CC1(C)CC(CNCC(O)C2CCc3cc4[nH]ccc4cc3O2)C(C)(C)N1O.CC1(C)CSSC1CNCC(O)C1CCc2cc3[nH]ccc3cc2O1.OC(CNC1CCN(O)CC1)C1CCc2cc3[nH]ccc3cc2O1.OC(CNCC1CCSS1)C1CCc2cc3[nH]ccc3cc2O1. The van der Waals surface area contributed by atoms with E-state index in [1.165, 1.54) is 60.9 Å². The summed E-state index contributed by atoms with van der Waals surface area (Å²) in [6, 6.07) is 31.7. The Bertz CT molecular complexity index is 5370. The van der Waals surface area contributed by atoms with Crippen LogP contribution < -0.4 is 50.3 Å². The Morgan fingerprint density at radius 1 is 0.422 bits per heavy atom. The number of ether oxygens (including phenoxy) is 5. The van der Waals surface area contributed by atoms with Crippen molar-refractivity contribution >= 4 is 97.7 Å². The second-order valence-electron chi connectivity index (χ2n) is 39.7. The number of piperidine rings is 1. The first-order valence-corrected chi connectivity index (χ1v) is 51.2. The molecule has 15 heterocycles. The molecule has 18 N–H and O–H groups in total. The second-order valence-corrected chi connectivity index (χ2v) is 45.1. The zero-order chi connectivity index (χ0) is 89.8. The first kappa shape index (κ1) is 94.5. The van der Waals surface area contributed by atoms with E-state index in [4.69, 9.17) is 23.7 Å². The Kier molecular flexibility index (Phi) is 30.3. The molecule has 0 radical (unpaired) electrons. The number of aromatic nitrogens is 5. The lowest BCUT2D eigenvalue weighted by Crippen LogP contribution is -2.49. The van der Waals surface area contributed by atoms with Crippen LogP contribution in [0.4, 0.5) is 0 Å². The van der Waals surface area contributed by atoms with E-state index in [-0.39, 0.29) is 47.1 Å². The average Bonchev–Trinajstić information content (AvgIpc) is 1.63. The highest BCUT2D eigenvalue weighted by Gasteiger charge is 2.51. The summed E-state index contributed by atoms with van der Waals surface area (Å²) in [5.41, 5.74) is 11.9. The van der Waals surface area contributed by atoms with Gasteiger partial charge in [-0.1, -0.05) is 63.1 Å². The van der Waals surface area contributed by atoms with E-state index in [9.17, 15) is 41.2 Å². The van der Waals surface area contributed by atoms with Crippen LogP contribution in [0.2, 0.25) is 0 Å². The molecule has 0 spiro atoms. The number of benzene rings is 5. The number of hydroxylamine groups is 6. The number of rotatable bonds is 24. The molecule has 0 aliphatic carbocycles. The van der Waals surface area contributed by atoms with Crippen LogP contribution in [0.25, 0.3) is 54.5 Å². The molecule has 10 aliphatic rings. The van der Waals surface area contributed by atoms with Crippen molar-refractivity contribution in [3.63, 3.8) is 0 Å². The maximum atomic E-state index is 10.7. The Hall–Kier alpha value is -6.70. The minimum absolute atomic E-state index is 0.114. The average molecular weight is 1830 g/mol. The summed E-state index contributed by atoms with van der Waals surface area (Å²) in [7, 11) is 7.83. The van der Waals surface area contributed by atoms with Crippen LogP contribution in [0.1, 0.15) is 155 Å². The Morgan fingerprint density at radius 2 is 0.789 bits per heavy atom. The monoisotopic (exact) mass is 1830 g/mol.